The van der Waals surface area contributed by atoms with E-state index in [4.69, 9.17) is 8.94 Å². The molecule has 0 unspecified atom stereocenters. The van der Waals surface area contributed by atoms with Gasteiger partial charge in [0.05, 0.1) is 6.54 Å². The summed E-state index contributed by atoms with van der Waals surface area (Å²) in [7, 11) is 0. The maximum Gasteiger partial charge on any atom is 0.293 e. The number of piperazine rings is 1. The smallest absolute Gasteiger partial charge is 0.293 e. The molecular formula is C11H13BrN4O2. The van der Waals surface area contributed by atoms with Crippen LogP contribution < -0.4 is 5.32 Å². The fourth-order valence-electron chi connectivity index (χ4n) is 1.92. The molecule has 1 saturated heterocycles. The molecule has 7 heteroatoms. The van der Waals surface area contributed by atoms with E-state index in [1.54, 1.807) is 12.1 Å². The first-order valence-corrected chi connectivity index (χ1v) is 6.62. The fraction of sp³-hybridized carbons (Fsp3) is 0.455. The van der Waals surface area contributed by atoms with Gasteiger partial charge in [0, 0.05) is 26.2 Å². The van der Waals surface area contributed by atoms with Crippen molar-refractivity contribution in [3.8, 4) is 11.7 Å². The maximum atomic E-state index is 5.37. The minimum atomic E-state index is 0.422. The van der Waals surface area contributed by atoms with Gasteiger partial charge in [0.1, 0.15) is 0 Å². The van der Waals surface area contributed by atoms with E-state index in [1.807, 2.05) is 0 Å². The van der Waals surface area contributed by atoms with Gasteiger partial charge in [-0.2, -0.15) is 4.98 Å². The number of furan rings is 1. The molecule has 96 valence electrons. The van der Waals surface area contributed by atoms with Crippen molar-refractivity contribution in [2.45, 2.75) is 6.54 Å². The van der Waals surface area contributed by atoms with Crippen LogP contribution in [-0.2, 0) is 6.54 Å². The fourth-order valence-corrected chi connectivity index (χ4v) is 2.22. The van der Waals surface area contributed by atoms with Crippen LogP contribution in [0.2, 0.25) is 0 Å². The number of hydrogen-bond donors (Lipinski definition) is 1. The maximum absolute atomic E-state index is 5.37. The summed E-state index contributed by atoms with van der Waals surface area (Å²) in [5, 5.41) is 7.28. The van der Waals surface area contributed by atoms with E-state index in [0.717, 1.165) is 26.2 Å². The molecule has 0 bridgehead atoms. The molecule has 0 spiro atoms. The number of halogens is 1. The summed E-state index contributed by atoms with van der Waals surface area (Å²) in [6, 6.07) is 3.60. The van der Waals surface area contributed by atoms with Crippen molar-refractivity contribution in [2.24, 2.45) is 0 Å². The van der Waals surface area contributed by atoms with Crippen LogP contribution in [0.5, 0.6) is 0 Å². The third-order valence-corrected chi connectivity index (χ3v) is 3.25. The van der Waals surface area contributed by atoms with Crippen molar-refractivity contribution in [1.29, 1.82) is 0 Å². The number of nitrogens with zero attached hydrogens (tertiary/aromatic N) is 3. The number of rotatable bonds is 3. The number of aromatic nitrogens is 2. The van der Waals surface area contributed by atoms with Gasteiger partial charge in [-0.3, -0.25) is 4.90 Å². The zero-order valence-electron chi connectivity index (χ0n) is 9.73. The predicted molar refractivity (Wildman–Crippen MR) is 67.8 cm³/mol. The van der Waals surface area contributed by atoms with Crippen LogP contribution in [0.1, 0.15) is 5.82 Å². The Morgan fingerprint density at radius 1 is 1.33 bits per heavy atom. The lowest BCUT2D eigenvalue weighted by Crippen LogP contribution is -2.43. The lowest BCUT2D eigenvalue weighted by molar-refractivity contribution is 0.225. The monoisotopic (exact) mass is 312 g/mol. The zero-order chi connectivity index (χ0) is 12.4. The minimum Gasteiger partial charge on any atom is -0.444 e. The summed E-state index contributed by atoms with van der Waals surface area (Å²) in [5.41, 5.74) is 0. The molecule has 0 saturated carbocycles. The topological polar surface area (TPSA) is 67.3 Å². The summed E-state index contributed by atoms with van der Waals surface area (Å²) in [6.45, 7) is 4.76. The molecule has 2 aromatic heterocycles. The van der Waals surface area contributed by atoms with Crippen molar-refractivity contribution in [3.05, 3.63) is 22.6 Å². The lowest BCUT2D eigenvalue weighted by Gasteiger charge is -2.25. The molecule has 18 heavy (non-hydrogen) atoms. The second kappa shape index (κ2) is 5.21. The Kier molecular flexibility index (Phi) is 3.44. The molecule has 3 heterocycles. The average Bonchev–Trinajstić information content (AvgIpc) is 2.99. The summed E-state index contributed by atoms with van der Waals surface area (Å²) in [6.07, 6.45) is 0. The molecule has 1 aliphatic rings. The molecule has 1 fully saturated rings. The van der Waals surface area contributed by atoms with Crippen molar-refractivity contribution in [3.63, 3.8) is 0 Å². The van der Waals surface area contributed by atoms with Gasteiger partial charge < -0.3 is 14.3 Å². The second-order valence-electron chi connectivity index (χ2n) is 4.15. The summed E-state index contributed by atoms with van der Waals surface area (Å²) in [5.74, 6) is 1.70. The quantitative estimate of drug-likeness (QED) is 0.926. The van der Waals surface area contributed by atoms with Crippen LogP contribution in [0.3, 0.4) is 0 Å². The number of hydrogen-bond acceptors (Lipinski definition) is 6. The first-order valence-electron chi connectivity index (χ1n) is 5.82. The number of nitrogens with one attached hydrogen (secondary N) is 1. The van der Waals surface area contributed by atoms with Gasteiger partial charge in [-0.25, -0.2) is 0 Å². The molecular weight excluding hydrogens is 300 g/mol. The highest BCUT2D eigenvalue weighted by Crippen LogP contribution is 2.23. The highest BCUT2D eigenvalue weighted by Gasteiger charge is 2.16. The van der Waals surface area contributed by atoms with Gasteiger partial charge in [0.25, 0.3) is 5.89 Å². The van der Waals surface area contributed by atoms with Gasteiger partial charge in [-0.1, -0.05) is 5.16 Å². The predicted octanol–water partition coefficient (Wildman–Crippen LogP) is 1.50. The van der Waals surface area contributed by atoms with E-state index in [1.165, 1.54) is 0 Å². The average molecular weight is 313 g/mol. The Morgan fingerprint density at radius 2 is 2.17 bits per heavy atom. The van der Waals surface area contributed by atoms with Gasteiger partial charge in [0.15, 0.2) is 16.3 Å². The summed E-state index contributed by atoms with van der Waals surface area (Å²) in [4.78, 5) is 6.63. The van der Waals surface area contributed by atoms with Gasteiger partial charge in [-0.05, 0) is 28.1 Å². The van der Waals surface area contributed by atoms with E-state index in [9.17, 15) is 0 Å². The first kappa shape index (κ1) is 11.9. The molecule has 0 aliphatic carbocycles. The molecule has 6 nitrogen and oxygen atoms in total. The molecule has 0 aromatic carbocycles. The SMILES string of the molecule is Brc1ccc(-c2nc(CN3CCNCC3)no2)o1. The van der Waals surface area contributed by atoms with E-state index < -0.39 is 0 Å². The lowest BCUT2D eigenvalue weighted by atomic mass is 10.3. The van der Waals surface area contributed by atoms with E-state index >= 15 is 0 Å². The van der Waals surface area contributed by atoms with Gasteiger partial charge >= 0.3 is 0 Å². The van der Waals surface area contributed by atoms with Crippen molar-refractivity contribution in [1.82, 2.24) is 20.4 Å². The molecule has 2 aromatic rings. The highest BCUT2D eigenvalue weighted by atomic mass is 79.9. The largest absolute Gasteiger partial charge is 0.444 e. The first-order chi connectivity index (χ1) is 8.81. The summed E-state index contributed by atoms with van der Waals surface area (Å²) < 4.78 is 11.2. The third-order valence-electron chi connectivity index (χ3n) is 2.83. The zero-order valence-corrected chi connectivity index (χ0v) is 11.3. The van der Waals surface area contributed by atoms with Crippen LogP contribution in [0.15, 0.2) is 25.7 Å². The normalized spacial score (nSPS) is 17.2. The van der Waals surface area contributed by atoms with Crippen molar-refractivity contribution in [2.75, 3.05) is 26.2 Å². The molecule has 0 radical (unpaired) electrons. The molecule has 0 atom stereocenters. The van der Waals surface area contributed by atoms with Crippen LogP contribution in [0.25, 0.3) is 11.7 Å². The van der Waals surface area contributed by atoms with E-state index in [-0.39, 0.29) is 0 Å². The Bertz CT molecular complexity index is 519. The summed E-state index contributed by atoms with van der Waals surface area (Å²) >= 11 is 3.24. The van der Waals surface area contributed by atoms with Gasteiger partial charge in [-0.15, -0.1) is 0 Å². The van der Waals surface area contributed by atoms with Crippen molar-refractivity contribution < 1.29 is 8.94 Å². The second-order valence-corrected chi connectivity index (χ2v) is 4.93. The molecule has 3 rings (SSSR count). The Balaban J connectivity index is 1.69. The van der Waals surface area contributed by atoms with E-state index in [2.05, 4.69) is 36.3 Å². The molecule has 0 amide bonds. The van der Waals surface area contributed by atoms with Crippen LogP contribution in [-0.4, -0.2) is 41.2 Å². The Hall–Kier alpha value is -1.18. The highest BCUT2D eigenvalue weighted by molar-refractivity contribution is 9.10. The standard InChI is InChI=1S/C11H13BrN4O2/c12-9-2-1-8(17-9)11-14-10(15-18-11)7-16-5-3-13-4-6-16/h1-2,13H,3-7H2. The Morgan fingerprint density at radius 3 is 2.89 bits per heavy atom. The molecule has 1 N–H and O–H groups in total. The van der Waals surface area contributed by atoms with E-state index in [0.29, 0.717) is 28.7 Å². The van der Waals surface area contributed by atoms with Crippen molar-refractivity contribution >= 4 is 15.9 Å². The van der Waals surface area contributed by atoms with Gasteiger partial charge in [0.2, 0.25) is 0 Å². The minimum absolute atomic E-state index is 0.422. The van der Waals surface area contributed by atoms with Crippen LogP contribution in [0.4, 0.5) is 0 Å². The molecule has 1 aliphatic heterocycles. The Labute approximate surface area is 112 Å². The van der Waals surface area contributed by atoms with Crippen LogP contribution in [0, 0.1) is 0 Å². The van der Waals surface area contributed by atoms with Crippen LogP contribution >= 0.6 is 15.9 Å². The third kappa shape index (κ3) is 2.63.